The van der Waals surface area contributed by atoms with E-state index in [1.165, 1.54) is 0 Å². The van der Waals surface area contributed by atoms with Crippen LogP contribution in [-0.2, 0) is 4.74 Å². The summed E-state index contributed by atoms with van der Waals surface area (Å²) in [4.78, 5) is 8.40. The highest BCUT2D eigenvalue weighted by Crippen LogP contribution is 2.09. The van der Waals surface area contributed by atoms with Gasteiger partial charge in [0.2, 0.25) is 0 Å². The van der Waals surface area contributed by atoms with Crippen molar-refractivity contribution in [2.24, 2.45) is 0 Å². The maximum Gasteiger partial charge on any atom is 0.180 e. The minimum absolute atomic E-state index is 0.656. The Balaban J connectivity index is 2.19. The highest BCUT2D eigenvalue weighted by Gasteiger charge is 2.01. The van der Waals surface area contributed by atoms with E-state index < -0.39 is 0 Å². The molecule has 0 aliphatic rings. The standard InChI is InChI=1S/C9H12N4O/c1-14-7-4-11-8-9-12-3-6-13(9)5-2-10-8/h2-3,5-6H,4,7H2,1H3,(H,10,11). The molecule has 74 valence electrons. The molecular weight excluding hydrogens is 180 g/mol. The van der Waals surface area contributed by atoms with Crippen LogP contribution in [0.3, 0.4) is 0 Å². The van der Waals surface area contributed by atoms with Gasteiger partial charge in [0.25, 0.3) is 0 Å². The smallest absolute Gasteiger partial charge is 0.180 e. The number of anilines is 1. The molecule has 0 spiro atoms. The van der Waals surface area contributed by atoms with E-state index in [9.17, 15) is 0 Å². The van der Waals surface area contributed by atoms with E-state index in [0.717, 1.165) is 18.0 Å². The maximum atomic E-state index is 4.94. The number of rotatable bonds is 4. The van der Waals surface area contributed by atoms with Crippen molar-refractivity contribution in [2.45, 2.75) is 0 Å². The number of nitrogens with one attached hydrogen (secondary N) is 1. The third-order valence-corrected chi connectivity index (χ3v) is 1.91. The molecular formula is C9H12N4O. The lowest BCUT2D eigenvalue weighted by Crippen LogP contribution is -2.09. The first-order valence-corrected chi connectivity index (χ1v) is 4.42. The predicted molar refractivity (Wildman–Crippen MR) is 53.4 cm³/mol. The van der Waals surface area contributed by atoms with Crippen LogP contribution in [0, 0.1) is 0 Å². The van der Waals surface area contributed by atoms with Gasteiger partial charge in [0.15, 0.2) is 11.5 Å². The van der Waals surface area contributed by atoms with Gasteiger partial charge >= 0.3 is 0 Å². The van der Waals surface area contributed by atoms with Crippen LogP contribution >= 0.6 is 0 Å². The second-order valence-corrected chi connectivity index (χ2v) is 2.85. The number of nitrogens with zero attached hydrogens (tertiary/aromatic N) is 3. The summed E-state index contributed by atoms with van der Waals surface area (Å²) in [6.07, 6.45) is 7.24. The van der Waals surface area contributed by atoms with Crippen LogP contribution < -0.4 is 5.32 Å². The number of hydrogen-bond donors (Lipinski definition) is 1. The van der Waals surface area contributed by atoms with Gasteiger partial charge in [-0.2, -0.15) is 0 Å². The summed E-state index contributed by atoms with van der Waals surface area (Å²) in [6.45, 7) is 1.39. The van der Waals surface area contributed by atoms with Crippen LogP contribution in [0.5, 0.6) is 0 Å². The van der Waals surface area contributed by atoms with Gasteiger partial charge < -0.3 is 14.5 Å². The molecule has 0 amide bonds. The number of aromatic nitrogens is 3. The molecule has 0 radical (unpaired) electrons. The normalized spacial score (nSPS) is 10.6. The Hall–Kier alpha value is -1.62. The van der Waals surface area contributed by atoms with Crippen molar-refractivity contribution in [1.82, 2.24) is 14.4 Å². The molecule has 0 aromatic carbocycles. The van der Waals surface area contributed by atoms with Crippen LogP contribution in [0.4, 0.5) is 5.82 Å². The van der Waals surface area contributed by atoms with E-state index in [-0.39, 0.29) is 0 Å². The molecule has 2 aromatic rings. The third kappa shape index (κ3) is 1.67. The Labute approximate surface area is 81.7 Å². The van der Waals surface area contributed by atoms with Crippen molar-refractivity contribution < 1.29 is 4.74 Å². The Morgan fingerprint density at radius 3 is 2.93 bits per heavy atom. The molecule has 0 saturated carbocycles. The molecule has 0 fully saturated rings. The largest absolute Gasteiger partial charge is 0.383 e. The second kappa shape index (κ2) is 4.06. The Morgan fingerprint density at radius 1 is 1.36 bits per heavy atom. The zero-order chi connectivity index (χ0) is 9.80. The molecule has 14 heavy (non-hydrogen) atoms. The van der Waals surface area contributed by atoms with Gasteiger partial charge in [0, 0.05) is 38.4 Å². The Bertz CT molecular complexity index is 412. The molecule has 0 bridgehead atoms. The number of ether oxygens (including phenoxy) is 1. The average Bonchev–Trinajstić information content (AvgIpc) is 2.67. The number of imidazole rings is 1. The fraction of sp³-hybridized carbons (Fsp3) is 0.333. The summed E-state index contributed by atoms with van der Waals surface area (Å²) in [5.74, 6) is 0.787. The monoisotopic (exact) mass is 192 g/mol. The molecule has 2 aromatic heterocycles. The van der Waals surface area contributed by atoms with E-state index in [0.29, 0.717) is 6.61 Å². The lowest BCUT2D eigenvalue weighted by Gasteiger charge is -2.05. The molecule has 0 atom stereocenters. The van der Waals surface area contributed by atoms with Crippen molar-refractivity contribution in [3.8, 4) is 0 Å². The highest BCUT2D eigenvalue weighted by molar-refractivity contribution is 5.61. The van der Waals surface area contributed by atoms with Crippen molar-refractivity contribution in [2.75, 3.05) is 25.6 Å². The summed E-state index contributed by atoms with van der Waals surface area (Å²) in [5, 5.41) is 3.16. The van der Waals surface area contributed by atoms with E-state index in [2.05, 4.69) is 15.3 Å². The zero-order valence-corrected chi connectivity index (χ0v) is 7.97. The van der Waals surface area contributed by atoms with Crippen molar-refractivity contribution in [3.63, 3.8) is 0 Å². The molecule has 2 heterocycles. The third-order valence-electron chi connectivity index (χ3n) is 1.91. The summed E-state index contributed by atoms with van der Waals surface area (Å²) in [6, 6.07) is 0. The number of methoxy groups -OCH3 is 1. The lowest BCUT2D eigenvalue weighted by molar-refractivity contribution is 0.210. The second-order valence-electron chi connectivity index (χ2n) is 2.85. The van der Waals surface area contributed by atoms with Crippen LogP contribution in [0.2, 0.25) is 0 Å². The van der Waals surface area contributed by atoms with Gasteiger partial charge in [-0.15, -0.1) is 0 Å². The van der Waals surface area contributed by atoms with Gasteiger partial charge in [-0.25, -0.2) is 9.97 Å². The highest BCUT2D eigenvalue weighted by atomic mass is 16.5. The fourth-order valence-corrected chi connectivity index (χ4v) is 1.25. The minimum atomic E-state index is 0.656. The van der Waals surface area contributed by atoms with Gasteiger partial charge in [0.05, 0.1) is 6.61 Å². The lowest BCUT2D eigenvalue weighted by atomic mass is 10.5. The first kappa shape index (κ1) is 8.96. The summed E-state index contributed by atoms with van der Waals surface area (Å²) >= 11 is 0. The van der Waals surface area contributed by atoms with Gasteiger partial charge in [-0.1, -0.05) is 0 Å². The Kier molecular flexibility index (Phi) is 2.60. The molecule has 5 nitrogen and oxygen atoms in total. The van der Waals surface area contributed by atoms with Crippen molar-refractivity contribution >= 4 is 11.5 Å². The minimum Gasteiger partial charge on any atom is -0.383 e. The molecule has 0 unspecified atom stereocenters. The van der Waals surface area contributed by atoms with Crippen LogP contribution in [0.25, 0.3) is 5.65 Å². The first-order valence-electron chi connectivity index (χ1n) is 4.42. The summed E-state index contributed by atoms with van der Waals surface area (Å²) < 4.78 is 6.86. The van der Waals surface area contributed by atoms with E-state index in [4.69, 9.17) is 4.74 Å². The van der Waals surface area contributed by atoms with Gasteiger partial charge in [-0.3, -0.25) is 0 Å². The van der Waals surface area contributed by atoms with Crippen LogP contribution in [0.1, 0.15) is 0 Å². The van der Waals surface area contributed by atoms with Crippen molar-refractivity contribution in [1.29, 1.82) is 0 Å². The summed E-state index contributed by atoms with van der Waals surface area (Å²) in [5.41, 5.74) is 0.837. The fourth-order valence-electron chi connectivity index (χ4n) is 1.25. The van der Waals surface area contributed by atoms with Gasteiger partial charge in [0.1, 0.15) is 0 Å². The SMILES string of the molecule is COCCNc1nccn2ccnc12. The van der Waals surface area contributed by atoms with E-state index in [1.54, 1.807) is 19.5 Å². The number of hydrogen-bond acceptors (Lipinski definition) is 4. The predicted octanol–water partition coefficient (Wildman–Crippen LogP) is 0.788. The molecule has 0 saturated heterocycles. The molecule has 5 heteroatoms. The molecule has 0 aliphatic carbocycles. The average molecular weight is 192 g/mol. The topological polar surface area (TPSA) is 51.5 Å². The quantitative estimate of drug-likeness (QED) is 0.727. The summed E-state index contributed by atoms with van der Waals surface area (Å²) in [7, 11) is 1.67. The van der Waals surface area contributed by atoms with Crippen LogP contribution in [0.15, 0.2) is 24.8 Å². The molecule has 2 rings (SSSR count). The van der Waals surface area contributed by atoms with Crippen LogP contribution in [-0.4, -0.2) is 34.6 Å². The first-order chi connectivity index (χ1) is 6.92. The Morgan fingerprint density at radius 2 is 2.14 bits per heavy atom. The maximum absolute atomic E-state index is 4.94. The van der Waals surface area contributed by atoms with Crippen molar-refractivity contribution in [3.05, 3.63) is 24.8 Å². The van der Waals surface area contributed by atoms with E-state index >= 15 is 0 Å². The van der Waals surface area contributed by atoms with Gasteiger partial charge in [-0.05, 0) is 0 Å². The zero-order valence-electron chi connectivity index (χ0n) is 7.97. The van der Waals surface area contributed by atoms with E-state index in [1.807, 2.05) is 16.8 Å². The number of fused-ring (bicyclic) bond motifs is 1. The molecule has 1 N–H and O–H groups in total. The molecule has 0 aliphatic heterocycles.